The van der Waals surface area contributed by atoms with Crippen LogP contribution in [0.4, 0.5) is 0 Å². The van der Waals surface area contributed by atoms with E-state index in [0.29, 0.717) is 19.6 Å². The molecule has 3 unspecified atom stereocenters. The van der Waals surface area contributed by atoms with Crippen molar-refractivity contribution in [2.24, 2.45) is 5.92 Å². The SMILES string of the molecule is CC(O)C1COCCC1(C)O. The van der Waals surface area contributed by atoms with Gasteiger partial charge in [-0.05, 0) is 20.3 Å². The first kappa shape index (κ1) is 8.97. The molecule has 0 amide bonds. The van der Waals surface area contributed by atoms with Crippen LogP contribution in [0.3, 0.4) is 0 Å². The molecule has 3 heteroatoms. The van der Waals surface area contributed by atoms with Gasteiger partial charge < -0.3 is 14.9 Å². The molecule has 0 bridgehead atoms. The van der Waals surface area contributed by atoms with E-state index in [1.807, 2.05) is 0 Å². The highest BCUT2D eigenvalue weighted by molar-refractivity contribution is 4.87. The summed E-state index contributed by atoms with van der Waals surface area (Å²) < 4.78 is 5.16. The molecule has 1 fully saturated rings. The Morgan fingerprint density at radius 2 is 2.27 bits per heavy atom. The molecule has 0 aromatic heterocycles. The Hall–Kier alpha value is -0.120. The second-order valence-electron chi connectivity index (χ2n) is 3.53. The Morgan fingerprint density at radius 1 is 1.64 bits per heavy atom. The lowest BCUT2D eigenvalue weighted by atomic mass is 9.82. The fraction of sp³-hybridized carbons (Fsp3) is 1.00. The highest BCUT2D eigenvalue weighted by Crippen LogP contribution is 2.28. The van der Waals surface area contributed by atoms with Crippen molar-refractivity contribution in [3.8, 4) is 0 Å². The van der Waals surface area contributed by atoms with E-state index in [1.165, 1.54) is 0 Å². The molecule has 0 radical (unpaired) electrons. The Balaban J connectivity index is 2.60. The summed E-state index contributed by atoms with van der Waals surface area (Å²) in [6.45, 7) is 4.50. The zero-order chi connectivity index (χ0) is 8.48. The second-order valence-corrected chi connectivity index (χ2v) is 3.53. The van der Waals surface area contributed by atoms with Crippen molar-refractivity contribution in [3.63, 3.8) is 0 Å². The van der Waals surface area contributed by atoms with Crippen molar-refractivity contribution < 1.29 is 14.9 Å². The third-order valence-corrected chi connectivity index (χ3v) is 2.43. The smallest absolute Gasteiger partial charge is 0.0716 e. The quantitative estimate of drug-likeness (QED) is 0.574. The van der Waals surface area contributed by atoms with Gasteiger partial charge in [0.15, 0.2) is 0 Å². The van der Waals surface area contributed by atoms with Crippen LogP contribution in [0.25, 0.3) is 0 Å². The summed E-state index contributed by atoms with van der Waals surface area (Å²) in [7, 11) is 0. The number of rotatable bonds is 1. The molecule has 11 heavy (non-hydrogen) atoms. The van der Waals surface area contributed by atoms with Crippen molar-refractivity contribution in [3.05, 3.63) is 0 Å². The normalized spacial score (nSPS) is 42.0. The van der Waals surface area contributed by atoms with Crippen molar-refractivity contribution in [1.82, 2.24) is 0 Å². The maximum Gasteiger partial charge on any atom is 0.0716 e. The van der Waals surface area contributed by atoms with Crippen LogP contribution in [0, 0.1) is 5.92 Å². The lowest BCUT2D eigenvalue weighted by Gasteiger charge is -2.38. The number of ether oxygens (including phenoxy) is 1. The van der Waals surface area contributed by atoms with Gasteiger partial charge in [-0.25, -0.2) is 0 Å². The van der Waals surface area contributed by atoms with Gasteiger partial charge in [0, 0.05) is 12.5 Å². The maximum atomic E-state index is 9.76. The molecule has 1 rings (SSSR count). The van der Waals surface area contributed by atoms with E-state index >= 15 is 0 Å². The van der Waals surface area contributed by atoms with Gasteiger partial charge in [-0.2, -0.15) is 0 Å². The number of hydrogen-bond acceptors (Lipinski definition) is 3. The Labute approximate surface area is 67.0 Å². The van der Waals surface area contributed by atoms with Crippen LogP contribution in [0.5, 0.6) is 0 Å². The standard InChI is InChI=1S/C8H16O3/c1-6(9)7-5-11-4-3-8(7,2)10/h6-7,9-10H,3-5H2,1-2H3. The summed E-state index contributed by atoms with van der Waals surface area (Å²) in [5.41, 5.74) is -0.758. The van der Waals surface area contributed by atoms with E-state index in [1.54, 1.807) is 13.8 Å². The first-order valence-corrected chi connectivity index (χ1v) is 4.02. The number of hydrogen-bond donors (Lipinski definition) is 2. The lowest BCUT2D eigenvalue weighted by molar-refractivity contribution is -0.134. The van der Waals surface area contributed by atoms with Crippen LogP contribution < -0.4 is 0 Å². The molecule has 66 valence electrons. The molecular weight excluding hydrogens is 144 g/mol. The first-order valence-electron chi connectivity index (χ1n) is 4.02. The third kappa shape index (κ3) is 1.92. The molecule has 0 aliphatic carbocycles. The molecule has 0 aromatic rings. The molecule has 2 N–H and O–H groups in total. The Morgan fingerprint density at radius 3 is 2.64 bits per heavy atom. The van der Waals surface area contributed by atoms with Gasteiger partial charge in [0.05, 0.1) is 18.3 Å². The minimum absolute atomic E-state index is 0.142. The summed E-state index contributed by atoms with van der Waals surface area (Å²) in [5, 5.41) is 19.0. The lowest BCUT2D eigenvalue weighted by Crippen LogP contribution is -2.47. The molecule has 3 atom stereocenters. The highest BCUT2D eigenvalue weighted by atomic mass is 16.5. The molecule has 1 aliphatic heterocycles. The summed E-state index contributed by atoms with van der Waals surface area (Å²) in [6, 6.07) is 0. The van der Waals surface area contributed by atoms with Gasteiger partial charge >= 0.3 is 0 Å². The summed E-state index contributed by atoms with van der Waals surface area (Å²) >= 11 is 0. The van der Waals surface area contributed by atoms with Gasteiger partial charge in [-0.3, -0.25) is 0 Å². The predicted molar refractivity (Wildman–Crippen MR) is 41.2 cm³/mol. The molecule has 0 aromatic carbocycles. The molecule has 0 spiro atoms. The fourth-order valence-electron chi connectivity index (χ4n) is 1.51. The van der Waals surface area contributed by atoms with Crippen molar-refractivity contribution in [2.45, 2.75) is 32.0 Å². The molecule has 1 aliphatic rings. The summed E-state index contributed by atoms with van der Waals surface area (Å²) in [4.78, 5) is 0. The van der Waals surface area contributed by atoms with Crippen LogP contribution in [-0.4, -0.2) is 35.1 Å². The van der Waals surface area contributed by atoms with Gasteiger partial charge in [-0.15, -0.1) is 0 Å². The van der Waals surface area contributed by atoms with E-state index in [4.69, 9.17) is 4.74 Å². The third-order valence-electron chi connectivity index (χ3n) is 2.43. The Bertz CT molecular complexity index is 131. The maximum absolute atomic E-state index is 9.76. The average Bonchev–Trinajstić information content (AvgIpc) is 1.85. The second kappa shape index (κ2) is 3.09. The summed E-state index contributed by atoms with van der Waals surface area (Å²) in [6.07, 6.45) is 0.119. The van der Waals surface area contributed by atoms with Crippen molar-refractivity contribution in [2.75, 3.05) is 13.2 Å². The van der Waals surface area contributed by atoms with E-state index < -0.39 is 11.7 Å². The molecule has 0 saturated carbocycles. The zero-order valence-corrected chi connectivity index (χ0v) is 7.08. The van der Waals surface area contributed by atoms with Gasteiger partial charge in [0.2, 0.25) is 0 Å². The average molecular weight is 160 g/mol. The minimum Gasteiger partial charge on any atom is -0.393 e. The van der Waals surface area contributed by atoms with Crippen molar-refractivity contribution >= 4 is 0 Å². The van der Waals surface area contributed by atoms with Crippen molar-refractivity contribution in [1.29, 1.82) is 0 Å². The summed E-state index contributed by atoms with van der Waals surface area (Å²) in [5.74, 6) is -0.142. The van der Waals surface area contributed by atoms with E-state index in [-0.39, 0.29) is 5.92 Å². The van der Waals surface area contributed by atoms with Gasteiger partial charge in [-0.1, -0.05) is 0 Å². The molecule has 1 heterocycles. The van der Waals surface area contributed by atoms with Crippen LogP contribution >= 0.6 is 0 Å². The van der Waals surface area contributed by atoms with Crippen LogP contribution in [-0.2, 0) is 4.74 Å². The molecular formula is C8H16O3. The predicted octanol–water partition coefficient (Wildman–Crippen LogP) is 0.155. The van der Waals surface area contributed by atoms with Crippen LogP contribution in [0.15, 0.2) is 0 Å². The molecule has 1 saturated heterocycles. The topological polar surface area (TPSA) is 49.7 Å². The fourth-order valence-corrected chi connectivity index (χ4v) is 1.51. The van der Waals surface area contributed by atoms with E-state index in [2.05, 4.69) is 0 Å². The van der Waals surface area contributed by atoms with E-state index in [0.717, 1.165) is 0 Å². The zero-order valence-electron chi connectivity index (χ0n) is 7.08. The van der Waals surface area contributed by atoms with Crippen LogP contribution in [0.1, 0.15) is 20.3 Å². The van der Waals surface area contributed by atoms with Gasteiger partial charge in [0.1, 0.15) is 0 Å². The monoisotopic (exact) mass is 160 g/mol. The highest BCUT2D eigenvalue weighted by Gasteiger charge is 2.37. The minimum atomic E-state index is -0.758. The Kier molecular flexibility index (Phi) is 2.52. The van der Waals surface area contributed by atoms with Gasteiger partial charge in [0.25, 0.3) is 0 Å². The number of aliphatic hydroxyl groups is 2. The van der Waals surface area contributed by atoms with Crippen LogP contribution in [0.2, 0.25) is 0 Å². The number of aliphatic hydroxyl groups excluding tert-OH is 1. The van der Waals surface area contributed by atoms with E-state index in [9.17, 15) is 10.2 Å². The molecule has 3 nitrogen and oxygen atoms in total. The first-order chi connectivity index (χ1) is 5.04. The largest absolute Gasteiger partial charge is 0.393 e.